The maximum atomic E-state index is 13.7. The number of piperidine rings is 1. The topological polar surface area (TPSA) is 209 Å². The molecule has 0 bridgehead atoms. The standard InChI is InChI=1S/C51H58N8O9/c1-5-34-36-21-33(11-12-41(36)52-45-38(34)27-58-42(45)23-40-39(47(58)62)28-67-48(63)51(40,66)6-2)68-50(65)57-15-13-31(14-16-57)26-56-19-17-55(18-20-56)25-30-7-9-32(10-8-30)59-46(53-54-49(59)64)37-22-35(29(3)4)43(60)24-44(37)61/h7,9-12,21-24,29-31,60-61,66H,5-6,8,13-20,25-28H2,1-4H3,(H,54,64)/t30?,51-/m0/s1. The number of carbonyl (C=O) groups is 2. The fourth-order valence-corrected chi connectivity index (χ4v) is 10.8. The van der Waals surface area contributed by atoms with Crippen molar-refractivity contribution in [3.63, 3.8) is 0 Å². The minimum Gasteiger partial charge on any atom is -0.508 e. The molecule has 2 saturated heterocycles. The van der Waals surface area contributed by atoms with Crippen LogP contribution in [0.3, 0.4) is 0 Å². The molecule has 17 nitrogen and oxygen atoms in total. The Morgan fingerprint density at radius 1 is 0.956 bits per heavy atom. The van der Waals surface area contributed by atoms with Crippen LogP contribution in [0, 0.1) is 11.8 Å². The zero-order valence-corrected chi connectivity index (χ0v) is 39.0. The monoisotopic (exact) mass is 926 g/mol. The molecule has 1 unspecified atom stereocenters. The van der Waals surface area contributed by atoms with Gasteiger partial charge in [0.05, 0.1) is 34.6 Å². The molecule has 68 heavy (non-hydrogen) atoms. The molecular formula is C51H58N8O9. The molecule has 4 N–H and O–H groups in total. The summed E-state index contributed by atoms with van der Waals surface area (Å²) < 4.78 is 14.3. The number of amides is 1. The number of ether oxygens (including phenoxy) is 2. The number of H-pyrrole nitrogens is 1. The van der Waals surface area contributed by atoms with E-state index in [1.54, 1.807) is 34.6 Å². The first-order valence-corrected chi connectivity index (χ1v) is 23.9. The molecule has 1 amide bonds. The number of likely N-dealkylation sites (tertiary alicyclic amines) is 1. The van der Waals surface area contributed by atoms with Crippen LogP contribution >= 0.6 is 0 Å². The van der Waals surface area contributed by atoms with Crippen LogP contribution in [-0.4, -0.2) is 119 Å². The van der Waals surface area contributed by atoms with E-state index in [1.807, 2.05) is 45.1 Å². The van der Waals surface area contributed by atoms with E-state index in [2.05, 4.69) is 26.1 Å². The first-order valence-electron chi connectivity index (χ1n) is 23.9. The highest BCUT2D eigenvalue weighted by Gasteiger charge is 2.45. The number of pyridine rings is 2. The second-order valence-corrected chi connectivity index (χ2v) is 19.2. The SMILES string of the molecule is CCc1c2c(nc3ccc(OC(=O)N4CCC(CN5CCN(CC6C=CC(n7c(-c8cc(C(C)C)c(O)cc8O)n[nH]c7=O)=CC6)CC5)CC4)cc13)-c1cc3c(c(=O)n1C2)COC(=O)[C@]3(O)CC. The second-order valence-electron chi connectivity index (χ2n) is 19.2. The van der Waals surface area contributed by atoms with E-state index in [4.69, 9.17) is 14.5 Å². The molecule has 0 saturated carbocycles. The van der Waals surface area contributed by atoms with Crippen molar-refractivity contribution in [2.45, 2.75) is 84.5 Å². The Morgan fingerprint density at radius 3 is 2.40 bits per heavy atom. The molecule has 2 atom stereocenters. The third-order valence-corrected chi connectivity index (χ3v) is 14.8. The van der Waals surface area contributed by atoms with Gasteiger partial charge in [0.1, 0.15) is 23.9 Å². The molecule has 5 aromatic rings. The van der Waals surface area contributed by atoms with Gasteiger partial charge >= 0.3 is 17.8 Å². The van der Waals surface area contributed by atoms with Crippen molar-refractivity contribution >= 4 is 28.7 Å². The molecule has 7 heterocycles. The number of aromatic hydroxyl groups is 2. The van der Waals surface area contributed by atoms with Gasteiger partial charge in [-0.25, -0.2) is 29.0 Å². The first-order chi connectivity index (χ1) is 32.7. The number of allylic oxidation sites excluding steroid dienone is 3. The summed E-state index contributed by atoms with van der Waals surface area (Å²) in [4.78, 5) is 64.6. The predicted molar refractivity (Wildman–Crippen MR) is 254 cm³/mol. The van der Waals surface area contributed by atoms with Crippen molar-refractivity contribution in [1.82, 2.24) is 39.0 Å². The molecule has 0 spiro atoms. The average Bonchev–Trinajstić information content (AvgIpc) is 3.90. The Kier molecular flexibility index (Phi) is 11.9. The number of phenols is 2. The fourth-order valence-electron chi connectivity index (χ4n) is 10.8. The third kappa shape index (κ3) is 7.99. The molecule has 4 aliphatic heterocycles. The van der Waals surface area contributed by atoms with Crippen LogP contribution in [0.4, 0.5) is 4.79 Å². The molecule has 2 fully saturated rings. The number of aromatic amines is 1. The van der Waals surface area contributed by atoms with Crippen molar-refractivity contribution in [3.05, 3.63) is 103 Å². The van der Waals surface area contributed by atoms with Crippen LogP contribution < -0.4 is 16.0 Å². The number of hydrogen-bond donors (Lipinski definition) is 4. The maximum absolute atomic E-state index is 13.7. The van der Waals surface area contributed by atoms with E-state index in [0.29, 0.717) is 83.2 Å². The lowest BCUT2D eigenvalue weighted by atomic mass is 9.86. The number of carbonyl (C=O) groups excluding carboxylic acids is 2. The number of phenolic OH excluding ortho intramolecular Hbond substituents is 2. The van der Waals surface area contributed by atoms with Gasteiger partial charge in [0, 0.05) is 80.6 Å². The minimum atomic E-state index is -1.90. The zero-order chi connectivity index (χ0) is 47.6. The Balaban J connectivity index is 0.710. The van der Waals surface area contributed by atoms with Gasteiger partial charge in [-0.1, -0.05) is 39.8 Å². The lowest BCUT2D eigenvalue weighted by molar-refractivity contribution is -0.172. The number of aryl methyl sites for hydroxylation is 1. The fraction of sp³-hybridized carbons (Fsp3) is 0.451. The Labute approximate surface area is 392 Å². The minimum absolute atomic E-state index is 0.00143. The third-order valence-electron chi connectivity index (χ3n) is 14.8. The van der Waals surface area contributed by atoms with Gasteiger partial charge < -0.3 is 44.1 Å². The van der Waals surface area contributed by atoms with E-state index in [-0.39, 0.29) is 53.2 Å². The van der Waals surface area contributed by atoms with Gasteiger partial charge in [-0.3, -0.25) is 4.79 Å². The average molecular weight is 927 g/mol. The predicted octanol–water partition coefficient (Wildman–Crippen LogP) is 5.67. The van der Waals surface area contributed by atoms with Gasteiger partial charge in [-0.2, -0.15) is 5.10 Å². The van der Waals surface area contributed by atoms with Crippen LogP contribution in [-0.2, 0) is 34.7 Å². The Morgan fingerprint density at radius 2 is 1.71 bits per heavy atom. The number of aromatic nitrogens is 5. The Hall–Kier alpha value is -6.56. The number of benzene rings is 2. The van der Waals surface area contributed by atoms with Crippen molar-refractivity contribution < 1.29 is 34.4 Å². The highest BCUT2D eigenvalue weighted by atomic mass is 16.6. The molecule has 3 aromatic heterocycles. The van der Waals surface area contributed by atoms with E-state index < -0.39 is 17.3 Å². The molecule has 0 radical (unpaired) electrons. The number of esters is 1. The van der Waals surface area contributed by atoms with Gasteiger partial charge in [0.25, 0.3) is 5.56 Å². The van der Waals surface area contributed by atoms with Crippen molar-refractivity contribution in [2.75, 3.05) is 52.4 Å². The van der Waals surface area contributed by atoms with E-state index >= 15 is 0 Å². The first kappa shape index (κ1) is 45.2. The summed E-state index contributed by atoms with van der Waals surface area (Å²) >= 11 is 0. The van der Waals surface area contributed by atoms with Crippen molar-refractivity contribution in [1.29, 1.82) is 0 Å². The molecule has 356 valence electrons. The normalized spacial score (nSPS) is 20.9. The van der Waals surface area contributed by atoms with Crippen LogP contribution in [0.1, 0.15) is 87.1 Å². The van der Waals surface area contributed by atoms with Crippen LogP contribution in [0.15, 0.2) is 64.2 Å². The summed E-state index contributed by atoms with van der Waals surface area (Å²) in [6, 6.07) is 10.1. The van der Waals surface area contributed by atoms with Crippen LogP contribution in [0.2, 0.25) is 0 Å². The number of piperazine rings is 1. The largest absolute Gasteiger partial charge is 0.508 e. The van der Waals surface area contributed by atoms with Gasteiger partial charge in [-0.05, 0) is 97.4 Å². The highest BCUT2D eigenvalue weighted by Crippen LogP contribution is 2.42. The number of fused-ring (bicyclic) bond motifs is 5. The molecule has 17 heteroatoms. The quantitative estimate of drug-likeness (QED) is 0.122. The number of nitrogens with zero attached hydrogens (tertiary/aromatic N) is 7. The lowest BCUT2D eigenvalue weighted by Crippen LogP contribution is -2.50. The van der Waals surface area contributed by atoms with Gasteiger partial charge in [0.15, 0.2) is 11.4 Å². The summed E-state index contributed by atoms with van der Waals surface area (Å²) in [5.74, 6) is 0.605. The highest BCUT2D eigenvalue weighted by molar-refractivity contribution is 5.90. The molecule has 1 aliphatic carbocycles. The summed E-state index contributed by atoms with van der Waals surface area (Å²) in [6.45, 7) is 14.8. The number of aliphatic hydroxyl groups is 1. The molecule has 2 aromatic carbocycles. The maximum Gasteiger partial charge on any atom is 0.415 e. The molecular weight excluding hydrogens is 869 g/mol. The molecule has 10 rings (SSSR count). The van der Waals surface area contributed by atoms with E-state index in [0.717, 1.165) is 75.0 Å². The smallest absolute Gasteiger partial charge is 0.415 e. The summed E-state index contributed by atoms with van der Waals surface area (Å²) in [5, 5.41) is 39.9. The number of cyclic esters (lactones) is 1. The number of rotatable bonds is 10. The van der Waals surface area contributed by atoms with Gasteiger partial charge in [0.2, 0.25) is 0 Å². The van der Waals surface area contributed by atoms with Crippen molar-refractivity contribution in [2.24, 2.45) is 11.8 Å². The van der Waals surface area contributed by atoms with E-state index in [1.165, 1.54) is 10.6 Å². The second kappa shape index (κ2) is 17.8. The van der Waals surface area contributed by atoms with Crippen molar-refractivity contribution in [3.8, 4) is 40.0 Å². The number of nitrogens with one attached hydrogen (secondary N) is 1. The summed E-state index contributed by atoms with van der Waals surface area (Å²) in [7, 11) is 0. The summed E-state index contributed by atoms with van der Waals surface area (Å²) in [6.07, 6.45) is 9.06. The van der Waals surface area contributed by atoms with E-state index in [9.17, 15) is 34.5 Å². The summed E-state index contributed by atoms with van der Waals surface area (Å²) in [5.41, 5.74) is 3.46. The van der Waals surface area contributed by atoms with Gasteiger partial charge in [-0.15, -0.1) is 0 Å². The van der Waals surface area contributed by atoms with Crippen LogP contribution in [0.5, 0.6) is 17.2 Å². The zero-order valence-electron chi connectivity index (χ0n) is 39.0. The Bertz CT molecular complexity index is 3020. The molecule has 5 aliphatic rings. The number of hydrogen-bond acceptors (Lipinski definition) is 13. The van der Waals surface area contributed by atoms with Crippen LogP contribution in [0.25, 0.3) is 39.4 Å². The lowest BCUT2D eigenvalue weighted by Gasteiger charge is -2.39.